The molecular weight excluding hydrogens is 326 g/mol. The number of carbonyl (C=O) groups excluding carboxylic acids is 2. The molecule has 1 aromatic heterocycles. The van der Waals surface area contributed by atoms with Crippen molar-refractivity contribution in [2.45, 2.75) is 6.92 Å². The first kappa shape index (κ1) is 15.9. The van der Waals surface area contributed by atoms with Crippen LogP contribution in [0.3, 0.4) is 0 Å². The van der Waals surface area contributed by atoms with E-state index in [1.165, 1.54) is 29.4 Å². The molecule has 0 spiro atoms. The van der Waals surface area contributed by atoms with Crippen LogP contribution in [-0.2, 0) is 4.79 Å². The lowest BCUT2D eigenvalue weighted by Gasteiger charge is -2.17. The zero-order valence-corrected chi connectivity index (χ0v) is 13.1. The van der Waals surface area contributed by atoms with Crippen molar-refractivity contribution in [1.29, 1.82) is 0 Å². The van der Waals surface area contributed by atoms with E-state index in [0.29, 0.717) is 21.5 Å². The topological polar surface area (TPSA) is 101 Å². The molecule has 7 nitrogen and oxygen atoms in total. The third kappa shape index (κ3) is 4.03. The first-order valence-corrected chi connectivity index (χ1v) is 7.33. The van der Waals surface area contributed by atoms with Gasteiger partial charge in [0.1, 0.15) is 0 Å². The number of carbonyl (C=O) groups is 2. The standard InChI is InChI=1S/C13H12ClN5O2S/c1-8(20)19(11-4-2-3-9(14)5-11)13-17-10(7-22-13)6-16-18-12(15)21/h2-7H,1H3,(H3,15,18,21)/b16-6-. The average Bonchev–Trinajstić information content (AvgIpc) is 2.86. The number of primary amides is 1. The van der Waals surface area contributed by atoms with Gasteiger partial charge in [0.25, 0.3) is 0 Å². The van der Waals surface area contributed by atoms with Crippen molar-refractivity contribution in [3.8, 4) is 0 Å². The number of benzene rings is 1. The van der Waals surface area contributed by atoms with E-state index < -0.39 is 6.03 Å². The molecule has 1 aromatic carbocycles. The number of hydrogen-bond acceptors (Lipinski definition) is 5. The highest BCUT2D eigenvalue weighted by atomic mass is 35.5. The van der Waals surface area contributed by atoms with E-state index in [1.807, 2.05) is 0 Å². The lowest BCUT2D eigenvalue weighted by molar-refractivity contribution is -0.115. The van der Waals surface area contributed by atoms with Crippen LogP contribution >= 0.6 is 22.9 Å². The van der Waals surface area contributed by atoms with Crippen molar-refractivity contribution < 1.29 is 9.59 Å². The number of nitrogens with one attached hydrogen (secondary N) is 1. The Balaban J connectivity index is 2.27. The number of nitrogens with zero attached hydrogens (tertiary/aromatic N) is 3. The van der Waals surface area contributed by atoms with Gasteiger partial charge in [0.05, 0.1) is 17.6 Å². The van der Waals surface area contributed by atoms with Gasteiger partial charge in [-0.25, -0.2) is 15.2 Å². The van der Waals surface area contributed by atoms with Gasteiger partial charge in [0.2, 0.25) is 5.91 Å². The molecule has 114 valence electrons. The van der Waals surface area contributed by atoms with Crippen molar-refractivity contribution in [2.75, 3.05) is 4.90 Å². The summed E-state index contributed by atoms with van der Waals surface area (Å²) < 4.78 is 0. The van der Waals surface area contributed by atoms with Crippen LogP contribution in [0.4, 0.5) is 15.6 Å². The lowest BCUT2D eigenvalue weighted by atomic mass is 10.3. The number of thiazole rings is 1. The second kappa shape index (κ2) is 7.01. The van der Waals surface area contributed by atoms with Gasteiger partial charge in [-0.05, 0) is 18.2 Å². The molecule has 0 radical (unpaired) electrons. The molecule has 9 heteroatoms. The number of hydrazone groups is 1. The zero-order valence-electron chi connectivity index (χ0n) is 11.5. The summed E-state index contributed by atoms with van der Waals surface area (Å²) in [6, 6.07) is 6.14. The van der Waals surface area contributed by atoms with E-state index in [1.54, 1.807) is 29.6 Å². The SMILES string of the molecule is CC(=O)N(c1cccc(Cl)c1)c1nc(/C=N\NC(N)=O)cs1. The lowest BCUT2D eigenvalue weighted by Crippen LogP contribution is -2.24. The number of hydrogen-bond donors (Lipinski definition) is 2. The molecule has 1 heterocycles. The molecule has 2 rings (SSSR count). The Morgan fingerprint density at radius 2 is 2.27 bits per heavy atom. The van der Waals surface area contributed by atoms with Crippen molar-refractivity contribution in [3.63, 3.8) is 0 Å². The van der Waals surface area contributed by atoms with E-state index in [9.17, 15) is 9.59 Å². The van der Waals surface area contributed by atoms with Crippen molar-refractivity contribution in [2.24, 2.45) is 10.8 Å². The van der Waals surface area contributed by atoms with E-state index in [4.69, 9.17) is 17.3 Å². The maximum Gasteiger partial charge on any atom is 0.332 e. The summed E-state index contributed by atoms with van der Waals surface area (Å²) in [5.41, 5.74) is 8.07. The molecule has 0 atom stereocenters. The highest BCUT2D eigenvalue weighted by Crippen LogP contribution is 2.30. The summed E-state index contributed by atoms with van der Waals surface area (Å²) in [5, 5.41) is 6.30. The number of amides is 3. The van der Waals surface area contributed by atoms with Gasteiger partial charge >= 0.3 is 6.03 Å². The molecule has 22 heavy (non-hydrogen) atoms. The number of urea groups is 1. The van der Waals surface area contributed by atoms with Gasteiger partial charge in [-0.1, -0.05) is 17.7 Å². The quantitative estimate of drug-likeness (QED) is 0.662. The Morgan fingerprint density at radius 3 is 2.91 bits per heavy atom. The van der Waals surface area contributed by atoms with Gasteiger partial charge in [0.15, 0.2) is 5.13 Å². The predicted octanol–water partition coefficient (Wildman–Crippen LogP) is 2.48. The molecular formula is C13H12ClN5O2S. The van der Waals surface area contributed by atoms with Crippen molar-refractivity contribution >= 4 is 51.9 Å². The molecule has 0 aliphatic carbocycles. The minimum Gasteiger partial charge on any atom is -0.350 e. The largest absolute Gasteiger partial charge is 0.350 e. The minimum absolute atomic E-state index is 0.199. The fourth-order valence-electron chi connectivity index (χ4n) is 1.64. The molecule has 3 amide bonds. The number of nitrogens with two attached hydrogens (primary N) is 1. The van der Waals surface area contributed by atoms with Crippen LogP contribution in [0.2, 0.25) is 5.02 Å². The summed E-state index contributed by atoms with van der Waals surface area (Å²) in [6.45, 7) is 1.44. The van der Waals surface area contributed by atoms with Crippen LogP contribution in [0, 0.1) is 0 Å². The second-order valence-electron chi connectivity index (χ2n) is 4.12. The molecule has 0 saturated heterocycles. The van der Waals surface area contributed by atoms with Crippen molar-refractivity contribution in [3.05, 3.63) is 40.4 Å². The predicted molar refractivity (Wildman–Crippen MR) is 86.7 cm³/mol. The molecule has 0 bridgehead atoms. The van der Waals surface area contributed by atoms with Crippen LogP contribution in [0.25, 0.3) is 0 Å². The van der Waals surface area contributed by atoms with Crippen LogP contribution < -0.4 is 16.1 Å². The highest BCUT2D eigenvalue weighted by molar-refractivity contribution is 7.14. The average molecular weight is 338 g/mol. The summed E-state index contributed by atoms with van der Waals surface area (Å²) in [6.07, 6.45) is 1.33. The Morgan fingerprint density at radius 1 is 1.50 bits per heavy atom. The molecule has 3 N–H and O–H groups in total. The molecule has 0 unspecified atom stereocenters. The Bertz CT molecular complexity index is 731. The van der Waals surface area contributed by atoms with Crippen LogP contribution in [-0.4, -0.2) is 23.1 Å². The summed E-state index contributed by atoms with van der Waals surface area (Å²) in [7, 11) is 0. The fraction of sp³-hybridized carbons (Fsp3) is 0.0769. The summed E-state index contributed by atoms with van der Waals surface area (Å²) in [5.74, 6) is -0.199. The highest BCUT2D eigenvalue weighted by Gasteiger charge is 2.17. The zero-order chi connectivity index (χ0) is 16.1. The molecule has 0 fully saturated rings. The molecule has 2 aromatic rings. The fourth-order valence-corrected chi connectivity index (χ4v) is 2.66. The minimum atomic E-state index is -0.768. The Kier molecular flexibility index (Phi) is 5.08. The second-order valence-corrected chi connectivity index (χ2v) is 5.40. The van der Waals surface area contributed by atoms with Gasteiger partial charge in [-0.3, -0.25) is 9.69 Å². The van der Waals surface area contributed by atoms with Gasteiger partial charge in [-0.2, -0.15) is 5.10 Å². The number of rotatable bonds is 4. The first-order valence-electron chi connectivity index (χ1n) is 6.07. The van der Waals surface area contributed by atoms with Crippen LogP contribution in [0.1, 0.15) is 12.6 Å². The molecule has 0 aliphatic heterocycles. The van der Waals surface area contributed by atoms with E-state index >= 15 is 0 Å². The maximum atomic E-state index is 11.9. The van der Waals surface area contributed by atoms with Gasteiger partial charge in [-0.15, -0.1) is 11.3 Å². The molecule has 0 saturated carbocycles. The first-order chi connectivity index (χ1) is 10.5. The smallest absolute Gasteiger partial charge is 0.332 e. The normalized spacial score (nSPS) is 10.6. The van der Waals surface area contributed by atoms with Crippen molar-refractivity contribution in [1.82, 2.24) is 10.4 Å². The van der Waals surface area contributed by atoms with Crippen LogP contribution in [0.5, 0.6) is 0 Å². The Labute approximate surface area is 135 Å². The van der Waals surface area contributed by atoms with E-state index in [0.717, 1.165) is 0 Å². The van der Waals surface area contributed by atoms with Gasteiger partial charge < -0.3 is 5.73 Å². The monoisotopic (exact) mass is 337 g/mol. The van der Waals surface area contributed by atoms with E-state index in [2.05, 4.69) is 15.5 Å². The van der Waals surface area contributed by atoms with Gasteiger partial charge in [0, 0.05) is 17.3 Å². The number of halogens is 1. The third-order valence-corrected chi connectivity index (χ3v) is 3.53. The summed E-state index contributed by atoms with van der Waals surface area (Å²) in [4.78, 5) is 28.1. The number of anilines is 2. The number of aromatic nitrogens is 1. The third-order valence-electron chi connectivity index (χ3n) is 2.45. The maximum absolute atomic E-state index is 11.9. The Hall–Kier alpha value is -2.45. The van der Waals surface area contributed by atoms with Crippen LogP contribution in [0.15, 0.2) is 34.7 Å². The molecule has 0 aliphatic rings. The van der Waals surface area contributed by atoms with E-state index in [-0.39, 0.29) is 5.91 Å². The summed E-state index contributed by atoms with van der Waals surface area (Å²) >= 11 is 7.22.